The second kappa shape index (κ2) is 1.94. The fourth-order valence-corrected chi connectivity index (χ4v) is 0. The van der Waals surface area contributed by atoms with Crippen molar-refractivity contribution in [2.24, 2.45) is 0 Å². The van der Waals surface area contributed by atoms with Crippen LogP contribution >= 0.6 is 10.4 Å². The van der Waals surface area contributed by atoms with Crippen LogP contribution in [-0.4, -0.2) is 18.3 Å². The molecule has 0 aromatic heterocycles. The Hall–Kier alpha value is 0.140. The van der Waals surface area contributed by atoms with Crippen LogP contribution in [0.5, 0.6) is 0 Å². The Morgan fingerprint density at radius 3 is 1.43 bits per heavy atom. The first-order valence-electron chi connectivity index (χ1n) is 1.64. The van der Waals surface area contributed by atoms with Crippen LogP contribution in [0.15, 0.2) is 0 Å². The minimum atomic E-state index is -3.07. The third-order valence-corrected chi connectivity index (χ3v) is 1.27. The van der Waals surface area contributed by atoms with Crippen LogP contribution in [0.4, 0.5) is 12.7 Å². The zero-order valence-corrected chi connectivity index (χ0v) is 4.94. The summed E-state index contributed by atoms with van der Waals surface area (Å²) in [5.74, 6) is -2.78. The predicted molar refractivity (Wildman–Crippen MR) is 26.6 cm³/mol. The molecule has 0 aromatic rings. The van der Waals surface area contributed by atoms with E-state index in [2.05, 4.69) is 0 Å². The van der Waals surface area contributed by atoms with Gasteiger partial charge in [0.1, 0.15) is 0 Å². The third kappa shape index (κ3) is 2.79. The Kier molecular flexibility index (Phi) is 1.98. The van der Waals surface area contributed by atoms with E-state index in [0.717, 1.165) is 12.5 Å². The molecule has 0 radical (unpaired) electrons. The Balaban J connectivity index is 3.54. The van der Waals surface area contributed by atoms with E-state index in [0.29, 0.717) is 0 Å². The second-order valence-corrected chi connectivity index (χ2v) is 4.45. The average molecular weight is 132 g/mol. The van der Waals surface area contributed by atoms with E-state index in [4.69, 9.17) is 0 Å². The first-order valence-corrected chi connectivity index (χ1v) is 4.06. The highest BCUT2D eigenvalue weighted by molar-refractivity contribution is 8.28. The summed E-state index contributed by atoms with van der Waals surface area (Å²) in [6.45, 7) is 0. The summed E-state index contributed by atoms with van der Waals surface area (Å²) in [6.07, 6.45) is 1.86. The number of rotatable bonds is 1. The van der Waals surface area contributed by atoms with Gasteiger partial charge in [-0.15, -0.1) is 0 Å². The molecule has 0 nitrogen and oxygen atoms in total. The fraction of sp³-hybridized carbons (Fsp3) is 1.00. The van der Waals surface area contributed by atoms with Gasteiger partial charge in [0.2, 0.25) is 0 Å². The maximum absolute atomic E-state index is 11.8. The number of alkyl halides is 2. The molecule has 4 heteroatoms. The van der Waals surface area contributed by atoms with Crippen LogP contribution in [0, 0.1) is 0 Å². The van der Waals surface area contributed by atoms with Crippen molar-refractivity contribution in [3.8, 4) is 0 Å². The van der Waals surface area contributed by atoms with Gasteiger partial charge in [0, 0.05) is 0 Å². The standard InChI is InChI=1S/C3H7F3S/c1-7(2,6)3(4)5/h3H,1-2H3. The number of hydrogen-bond donors (Lipinski definition) is 0. The molecule has 0 amide bonds. The van der Waals surface area contributed by atoms with E-state index in [1.165, 1.54) is 0 Å². The molecule has 0 atom stereocenters. The molecule has 46 valence electrons. The molecule has 0 N–H and O–H groups in total. The van der Waals surface area contributed by atoms with Crippen molar-refractivity contribution in [1.82, 2.24) is 0 Å². The van der Waals surface area contributed by atoms with Gasteiger partial charge in [0.15, 0.2) is 0 Å². The Morgan fingerprint density at radius 2 is 1.43 bits per heavy atom. The minimum Gasteiger partial charge on any atom is -0.197 e. The molecular weight excluding hydrogens is 125 g/mol. The van der Waals surface area contributed by atoms with Gasteiger partial charge in [-0.2, -0.15) is 12.7 Å². The van der Waals surface area contributed by atoms with Crippen LogP contribution < -0.4 is 0 Å². The summed E-state index contributed by atoms with van der Waals surface area (Å²) in [7, 11) is -3.07. The van der Waals surface area contributed by atoms with E-state index < -0.39 is 16.2 Å². The highest BCUT2D eigenvalue weighted by Crippen LogP contribution is 2.47. The summed E-state index contributed by atoms with van der Waals surface area (Å²) in [5.41, 5.74) is 0. The van der Waals surface area contributed by atoms with Gasteiger partial charge >= 0.3 is 0 Å². The molecular formula is C3H7F3S. The second-order valence-electron chi connectivity index (χ2n) is 1.54. The van der Waals surface area contributed by atoms with Crippen LogP contribution in [0.25, 0.3) is 0 Å². The summed E-state index contributed by atoms with van der Waals surface area (Å²) in [6, 6.07) is 0. The molecule has 0 fully saturated rings. The van der Waals surface area contributed by atoms with Gasteiger partial charge in [-0.3, -0.25) is 0 Å². The molecule has 0 aliphatic heterocycles. The van der Waals surface area contributed by atoms with Gasteiger partial charge in [-0.1, -0.05) is 0 Å². The lowest BCUT2D eigenvalue weighted by molar-refractivity contribution is 0.241. The molecule has 0 saturated heterocycles. The zero-order chi connectivity index (χ0) is 6.08. The van der Waals surface area contributed by atoms with Crippen molar-refractivity contribution >= 4 is 10.4 Å². The van der Waals surface area contributed by atoms with Crippen molar-refractivity contribution < 1.29 is 12.7 Å². The summed E-state index contributed by atoms with van der Waals surface area (Å²) in [5, 5.41) is 0. The van der Waals surface area contributed by atoms with E-state index in [1.54, 1.807) is 0 Å². The first-order chi connectivity index (χ1) is 2.94. The molecule has 0 unspecified atom stereocenters. The lowest BCUT2D eigenvalue weighted by Crippen LogP contribution is -1.97. The Labute approximate surface area is 42.3 Å². The van der Waals surface area contributed by atoms with Crippen molar-refractivity contribution in [1.29, 1.82) is 0 Å². The maximum atomic E-state index is 11.8. The van der Waals surface area contributed by atoms with Crippen LogP contribution in [0.3, 0.4) is 0 Å². The summed E-state index contributed by atoms with van der Waals surface area (Å²) < 4.78 is 34.3. The topological polar surface area (TPSA) is 0 Å². The molecule has 0 spiro atoms. The molecule has 7 heavy (non-hydrogen) atoms. The lowest BCUT2D eigenvalue weighted by atomic mass is 11.7. The van der Waals surface area contributed by atoms with Gasteiger partial charge in [-0.25, -0.2) is 0 Å². The van der Waals surface area contributed by atoms with Gasteiger partial charge in [-0.05, 0) is 22.9 Å². The lowest BCUT2D eigenvalue weighted by Gasteiger charge is -2.16. The SMILES string of the molecule is CS(C)(F)C(F)F. The van der Waals surface area contributed by atoms with Gasteiger partial charge < -0.3 is 0 Å². The molecule has 0 rings (SSSR count). The third-order valence-electron chi connectivity index (χ3n) is 0.424. The molecule has 0 heterocycles. The largest absolute Gasteiger partial charge is 0.293 e. The fourth-order valence-electron chi connectivity index (χ4n) is 0. The predicted octanol–water partition coefficient (Wildman–Crippen LogP) is 2.16. The van der Waals surface area contributed by atoms with E-state index in [-0.39, 0.29) is 0 Å². The van der Waals surface area contributed by atoms with Crippen LogP contribution in [0.2, 0.25) is 0 Å². The normalized spacial score (nSPS) is 15.1. The summed E-state index contributed by atoms with van der Waals surface area (Å²) >= 11 is 0. The van der Waals surface area contributed by atoms with Crippen molar-refractivity contribution in [3.05, 3.63) is 0 Å². The monoisotopic (exact) mass is 132 g/mol. The Morgan fingerprint density at radius 1 is 1.29 bits per heavy atom. The number of halogens is 3. The van der Waals surface area contributed by atoms with Crippen LogP contribution in [-0.2, 0) is 0 Å². The van der Waals surface area contributed by atoms with E-state index in [9.17, 15) is 12.7 Å². The molecule has 0 aliphatic carbocycles. The van der Waals surface area contributed by atoms with Crippen molar-refractivity contribution in [3.63, 3.8) is 0 Å². The van der Waals surface area contributed by atoms with Crippen molar-refractivity contribution in [2.45, 2.75) is 5.76 Å². The minimum absolute atomic E-state index is 0.928. The smallest absolute Gasteiger partial charge is 0.197 e. The van der Waals surface area contributed by atoms with Gasteiger partial charge in [0.05, 0.1) is 0 Å². The maximum Gasteiger partial charge on any atom is 0.293 e. The molecule has 0 bridgehead atoms. The quantitative estimate of drug-likeness (QED) is 0.513. The first kappa shape index (κ1) is 7.14. The molecule has 0 saturated carbocycles. The Bertz CT molecular complexity index is 55.7. The van der Waals surface area contributed by atoms with E-state index in [1.807, 2.05) is 0 Å². The zero-order valence-electron chi connectivity index (χ0n) is 4.12. The van der Waals surface area contributed by atoms with Gasteiger partial charge in [0.25, 0.3) is 5.76 Å². The molecule has 0 aromatic carbocycles. The van der Waals surface area contributed by atoms with Crippen molar-refractivity contribution in [2.75, 3.05) is 12.5 Å². The number of hydrogen-bond acceptors (Lipinski definition) is 0. The highest BCUT2D eigenvalue weighted by atomic mass is 32.3. The molecule has 0 aliphatic rings. The highest BCUT2D eigenvalue weighted by Gasteiger charge is 2.21. The van der Waals surface area contributed by atoms with E-state index >= 15 is 0 Å². The van der Waals surface area contributed by atoms with Crippen LogP contribution in [0.1, 0.15) is 0 Å². The average Bonchev–Trinajstić information content (AvgIpc) is 1.31. The summed E-state index contributed by atoms with van der Waals surface area (Å²) in [4.78, 5) is 0.